The summed E-state index contributed by atoms with van der Waals surface area (Å²) in [6.45, 7) is 3.77. The highest BCUT2D eigenvalue weighted by atomic mass is 79.9. The Hall–Kier alpha value is -1.08. The van der Waals surface area contributed by atoms with E-state index in [1.165, 1.54) is 6.20 Å². The van der Waals surface area contributed by atoms with Crippen molar-refractivity contribution in [2.24, 2.45) is 0 Å². The van der Waals surface area contributed by atoms with E-state index < -0.39 is 11.7 Å². The Morgan fingerprint density at radius 2 is 2.05 bits per heavy atom. The number of aromatic nitrogens is 1. The van der Waals surface area contributed by atoms with Crippen molar-refractivity contribution < 1.29 is 13.2 Å². The van der Waals surface area contributed by atoms with Crippen molar-refractivity contribution in [2.75, 3.05) is 5.32 Å². The van der Waals surface area contributed by atoms with E-state index in [1.54, 1.807) is 11.3 Å². The van der Waals surface area contributed by atoms with Gasteiger partial charge in [0, 0.05) is 20.4 Å². The van der Waals surface area contributed by atoms with E-state index in [4.69, 9.17) is 0 Å². The van der Waals surface area contributed by atoms with Gasteiger partial charge in [0.05, 0.1) is 11.6 Å². The summed E-state index contributed by atoms with van der Waals surface area (Å²) in [5.41, 5.74) is -0.771. The minimum atomic E-state index is -4.44. The van der Waals surface area contributed by atoms with Crippen LogP contribution in [-0.4, -0.2) is 4.98 Å². The molecule has 0 aliphatic heterocycles. The molecule has 0 fully saturated rings. The first-order chi connectivity index (χ1) is 9.27. The van der Waals surface area contributed by atoms with Gasteiger partial charge >= 0.3 is 6.18 Å². The van der Waals surface area contributed by atoms with Crippen molar-refractivity contribution >= 4 is 33.1 Å². The van der Waals surface area contributed by atoms with Crippen molar-refractivity contribution in [3.8, 4) is 0 Å². The van der Waals surface area contributed by atoms with Crippen LogP contribution in [0.2, 0.25) is 0 Å². The first kappa shape index (κ1) is 15.3. The van der Waals surface area contributed by atoms with Gasteiger partial charge in [-0.3, -0.25) is 0 Å². The summed E-state index contributed by atoms with van der Waals surface area (Å²) in [5, 5.41) is 2.83. The third-order valence-electron chi connectivity index (χ3n) is 2.70. The molecule has 1 unspecified atom stereocenters. The van der Waals surface area contributed by atoms with E-state index in [2.05, 4.69) is 26.2 Å². The van der Waals surface area contributed by atoms with Gasteiger partial charge in [0.1, 0.15) is 5.82 Å². The Morgan fingerprint density at radius 3 is 2.60 bits per heavy atom. The molecule has 20 heavy (non-hydrogen) atoms. The molecule has 1 N–H and O–H groups in total. The van der Waals surface area contributed by atoms with E-state index in [1.807, 2.05) is 26.0 Å². The lowest BCUT2D eigenvalue weighted by Gasteiger charge is -2.17. The highest BCUT2D eigenvalue weighted by molar-refractivity contribution is 9.10. The van der Waals surface area contributed by atoms with Gasteiger partial charge in [-0.25, -0.2) is 4.98 Å². The van der Waals surface area contributed by atoms with Gasteiger partial charge in [-0.05, 0) is 48.0 Å². The summed E-state index contributed by atoms with van der Waals surface area (Å²) < 4.78 is 39.3. The van der Waals surface area contributed by atoms with Gasteiger partial charge in [0.25, 0.3) is 0 Å². The number of hydrogen-bond donors (Lipinski definition) is 1. The smallest absolute Gasteiger partial charge is 0.362 e. The van der Waals surface area contributed by atoms with Crippen LogP contribution in [0.4, 0.5) is 19.0 Å². The molecule has 0 aliphatic rings. The van der Waals surface area contributed by atoms with Crippen LogP contribution in [0.25, 0.3) is 0 Å². The van der Waals surface area contributed by atoms with Crippen molar-refractivity contribution in [3.63, 3.8) is 0 Å². The second kappa shape index (κ2) is 5.73. The predicted molar refractivity (Wildman–Crippen MR) is 78.0 cm³/mol. The zero-order valence-electron chi connectivity index (χ0n) is 10.8. The second-order valence-corrected chi connectivity index (χ2v) is 6.60. The van der Waals surface area contributed by atoms with Gasteiger partial charge in [-0.1, -0.05) is 0 Å². The topological polar surface area (TPSA) is 24.9 Å². The van der Waals surface area contributed by atoms with Crippen LogP contribution < -0.4 is 5.32 Å². The predicted octanol–water partition coefficient (Wildman–Crippen LogP) is 5.41. The van der Waals surface area contributed by atoms with E-state index in [0.717, 1.165) is 15.8 Å². The monoisotopic (exact) mass is 364 g/mol. The maximum atomic E-state index is 13.0. The molecule has 1 atom stereocenters. The van der Waals surface area contributed by atoms with Crippen LogP contribution in [0.15, 0.2) is 28.9 Å². The summed E-state index contributed by atoms with van der Waals surface area (Å²) in [4.78, 5) is 5.94. The SMILES string of the molecule is Cc1ccc(C(C)Nc2ncc(Br)cc2C(F)(F)F)s1. The third kappa shape index (κ3) is 3.52. The number of rotatable bonds is 3. The fourth-order valence-corrected chi connectivity index (χ4v) is 2.94. The maximum absolute atomic E-state index is 13.0. The van der Waals surface area contributed by atoms with Crippen LogP contribution in [0, 0.1) is 6.92 Å². The normalized spacial score (nSPS) is 13.3. The third-order valence-corrected chi connectivity index (χ3v) is 4.32. The Kier molecular flexibility index (Phi) is 4.39. The Balaban J connectivity index is 2.29. The zero-order chi connectivity index (χ0) is 14.9. The minimum Gasteiger partial charge on any atom is -0.362 e. The quantitative estimate of drug-likeness (QED) is 0.787. The maximum Gasteiger partial charge on any atom is 0.419 e. The van der Waals surface area contributed by atoms with Crippen LogP contribution in [0.1, 0.15) is 28.3 Å². The highest BCUT2D eigenvalue weighted by Crippen LogP contribution is 2.37. The zero-order valence-corrected chi connectivity index (χ0v) is 13.2. The molecule has 2 nitrogen and oxygen atoms in total. The molecule has 0 radical (unpaired) electrons. The van der Waals surface area contributed by atoms with E-state index in [9.17, 15) is 13.2 Å². The fourth-order valence-electron chi connectivity index (χ4n) is 1.73. The molecule has 0 bridgehead atoms. The van der Waals surface area contributed by atoms with E-state index in [-0.39, 0.29) is 11.9 Å². The van der Waals surface area contributed by atoms with Crippen LogP contribution >= 0.6 is 27.3 Å². The Labute approximate surface area is 127 Å². The largest absolute Gasteiger partial charge is 0.419 e. The second-order valence-electron chi connectivity index (χ2n) is 4.36. The Bertz CT molecular complexity index is 610. The first-order valence-corrected chi connectivity index (χ1v) is 7.44. The molecule has 0 saturated heterocycles. The fraction of sp³-hybridized carbons (Fsp3) is 0.308. The van der Waals surface area contributed by atoms with Gasteiger partial charge in [0.15, 0.2) is 0 Å². The number of pyridine rings is 1. The molecule has 0 amide bonds. The lowest BCUT2D eigenvalue weighted by atomic mass is 10.2. The molecular weight excluding hydrogens is 353 g/mol. The number of nitrogens with one attached hydrogen (secondary N) is 1. The van der Waals surface area contributed by atoms with E-state index >= 15 is 0 Å². The molecular formula is C13H12BrF3N2S. The molecule has 7 heteroatoms. The molecule has 108 valence electrons. The average Bonchev–Trinajstić information content (AvgIpc) is 2.77. The molecule has 0 aliphatic carbocycles. The summed E-state index contributed by atoms with van der Waals surface area (Å²) >= 11 is 4.57. The van der Waals surface area contributed by atoms with Crippen LogP contribution in [0.5, 0.6) is 0 Å². The van der Waals surface area contributed by atoms with E-state index in [0.29, 0.717) is 4.47 Å². The molecule has 2 aromatic rings. The summed E-state index contributed by atoms with van der Waals surface area (Å²) in [6, 6.07) is 4.65. The minimum absolute atomic E-state index is 0.153. The summed E-state index contributed by atoms with van der Waals surface area (Å²) in [5.74, 6) is -0.153. The van der Waals surface area contributed by atoms with Gasteiger partial charge in [-0.15, -0.1) is 11.3 Å². The molecule has 2 heterocycles. The van der Waals surface area contributed by atoms with Gasteiger partial charge < -0.3 is 5.32 Å². The molecule has 0 aromatic carbocycles. The lowest BCUT2D eigenvalue weighted by Crippen LogP contribution is -2.14. The van der Waals surface area contributed by atoms with Crippen LogP contribution in [-0.2, 0) is 6.18 Å². The van der Waals surface area contributed by atoms with Crippen molar-refractivity contribution in [2.45, 2.75) is 26.1 Å². The number of aryl methyl sites for hydroxylation is 1. The number of hydrogen-bond acceptors (Lipinski definition) is 3. The van der Waals surface area contributed by atoms with Crippen molar-refractivity contribution in [3.05, 3.63) is 44.2 Å². The lowest BCUT2D eigenvalue weighted by molar-refractivity contribution is -0.137. The number of halogens is 4. The van der Waals surface area contributed by atoms with Gasteiger partial charge in [0.2, 0.25) is 0 Å². The first-order valence-electron chi connectivity index (χ1n) is 5.83. The van der Waals surface area contributed by atoms with Crippen LogP contribution in [0.3, 0.4) is 0 Å². The number of thiophene rings is 1. The van der Waals surface area contributed by atoms with Crippen molar-refractivity contribution in [1.82, 2.24) is 4.98 Å². The molecule has 0 saturated carbocycles. The molecule has 2 aromatic heterocycles. The van der Waals surface area contributed by atoms with Crippen molar-refractivity contribution in [1.29, 1.82) is 0 Å². The number of nitrogens with zero attached hydrogens (tertiary/aromatic N) is 1. The average molecular weight is 365 g/mol. The highest BCUT2D eigenvalue weighted by Gasteiger charge is 2.35. The Morgan fingerprint density at radius 1 is 1.35 bits per heavy atom. The summed E-state index contributed by atoms with van der Waals surface area (Å²) in [7, 11) is 0. The number of alkyl halides is 3. The standard InChI is InChI=1S/C13H12BrF3N2S/c1-7-3-4-11(20-7)8(2)19-12-10(13(15,16)17)5-9(14)6-18-12/h3-6,8H,1-2H3,(H,18,19). The molecule has 0 spiro atoms. The summed E-state index contributed by atoms with van der Waals surface area (Å²) in [6.07, 6.45) is -3.09. The molecule has 2 rings (SSSR count). The van der Waals surface area contributed by atoms with Gasteiger partial charge in [-0.2, -0.15) is 13.2 Å². The number of anilines is 1.